The standard InChI is InChI=1S/C21H34BNO5/c1-14-12-23(18(24)26-19(2,3)4)10-9-16(14)15-11-17(25-13-15)22-27-20(5,6)21(7,8)28-22/h11,13-14,16H,9-10,12H2,1-8H3. The second-order valence-electron chi connectivity index (χ2n) is 10.2. The second kappa shape index (κ2) is 7.10. The molecule has 0 saturated carbocycles. The van der Waals surface area contributed by atoms with Crippen LogP contribution in [0.2, 0.25) is 0 Å². The minimum absolute atomic E-state index is 0.233. The van der Waals surface area contributed by atoms with Gasteiger partial charge in [-0.25, -0.2) is 4.79 Å². The number of nitrogens with zero attached hydrogens (tertiary/aromatic N) is 1. The third kappa shape index (κ3) is 4.25. The summed E-state index contributed by atoms with van der Waals surface area (Å²) in [4.78, 5) is 14.2. The molecule has 3 rings (SSSR count). The number of furan rings is 1. The molecule has 2 fully saturated rings. The summed E-state index contributed by atoms with van der Waals surface area (Å²) in [5.74, 6) is 0.642. The van der Waals surface area contributed by atoms with Gasteiger partial charge in [-0.2, -0.15) is 0 Å². The lowest BCUT2D eigenvalue weighted by molar-refractivity contribution is 0.00578. The molecule has 0 spiro atoms. The van der Waals surface area contributed by atoms with Crippen molar-refractivity contribution >= 4 is 18.9 Å². The van der Waals surface area contributed by atoms with Crippen molar-refractivity contribution in [2.75, 3.05) is 13.1 Å². The summed E-state index contributed by atoms with van der Waals surface area (Å²) in [5.41, 5.74) is 0.587. The first-order valence-corrected chi connectivity index (χ1v) is 10.2. The Bertz CT molecular complexity index is 705. The molecule has 0 aromatic carbocycles. The quantitative estimate of drug-likeness (QED) is 0.715. The van der Waals surface area contributed by atoms with E-state index in [2.05, 4.69) is 6.92 Å². The molecule has 156 valence electrons. The van der Waals surface area contributed by atoms with Crippen molar-refractivity contribution < 1.29 is 23.3 Å². The van der Waals surface area contributed by atoms with E-state index in [1.807, 2.05) is 65.7 Å². The number of ether oxygens (including phenoxy) is 1. The Balaban J connectivity index is 1.64. The summed E-state index contributed by atoms with van der Waals surface area (Å²) < 4.78 is 23.5. The van der Waals surface area contributed by atoms with E-state index in [4.69, 9.17) is 18.5 Å². The lowest BCUT2D eigenvalue weighted by Gasteiger charge is -2.37. The van der Waals surface area contributed by atoms with E-state index < -0.39 is 23.9 Å². The third-order valence-corrected chi connectivity index (χ3v) is 6.11. The van der Waals surface area contributed by atoms with Gasteiger partial charge in [0.1, 0.15) is 11.3 Å². The molecule has 1 aromatic rings. The fourth-order valence-electron chi connectivity index (χ4n) is 3.78. The molecular formula is C21H34BNO5. The molecular weight excluding hydrogens is 357 g/mol. The molecule has 2 unspecified atom stereocenters. The third-order valence-electron chi connectivity index (χ3n) is 6.11. The van der Waals surface area contributed by atoms with Crippen LogP contribution in [0.15, 0.2) is 16.7 Å². The number of hydrogen-bond donors (Lipinski definition) is 0. The highest BCUT2D eigenvalue weighted by atomic mass is 16.7. The van der Waals surface area contributed by atoms with Crippen molar-refractivity contribution in [3.05, 3.63) is 17.9 Å². The SMILES string of the molecule is CC1CN(C(=O)OC(C)(C)C)CCC1c1coc(B2OC(C)(C)C(C)(C)O2)c1. The predicted molar refractivity (Wildman–Crippen MR) is 109 cm³/mol. The molecule has 0 aliphatic carbocycles. The molecule has 2 aliphatic heterocycles. The number of amides is 1. The molecule has 3 heterocycles. The molecule has 7 heteroatoms. The van der Waals surface area contributed by atoms with Crippen molar-refractivity contribution in [1.82, 2.24) is 4.90 Å². The van der Waals surface area contributed by atoms with Crippen LogP contribution in [0.5, 0.6) is 0 Å². The lowest BCUT2D eigenvalue weighted by Crippen LogP contribution is -2.44. The van der Waals surface area contributed by atoms with Crippen LogP contribution >= 0.6 is 0 Å². The van der Waals surface area contributed by atoms with Gasteiger partial charge in [-0.15, -0.1) is 0 Å². The van der Waals surface area contributed by atoms with Gasteiger partial charge in [0.05, 0.1) is 17.5 Å². The monoisotopic (exact) mass is 391 g/mol. The van der Waals surface area contributed by atoms with E-state index in [0.717, 1.165) is 12.0 Å². The maximum atomic E-state index is 12.4. The van der Waals surface area contributed by atoms with Gasteiger partial charge in [0.2, 0.25) is 0 Å². The topological polar surface area (TPSA) is 61.1 Å². The average Bonchev–Trinajstić information content (AvgIpc) is 3.08. The first-order valence-electron chi connectivity index (χ1n) is 10.2. The lowest BCUT2D eigenvalue weighted by atomic mass is 9.80. The van der Waals surface area contributed by atoms with Crippen LogP contribution in [0.3, 0.4) is 0 Å². The molecule has 0 radical (unpaired) electrons. The largest absolute Gasteiger partial charge is 0.532 e. The van der Waals surface area contributed by atoms with Crippen LogP contribution in [0.4, 0.5) is 4.79 Å². The van der Waals surface area contributed by atoms with Gasteiger partial charge in [-0.1, -0.05) is 6.92 Å². The first-order chi connectivity index (χ1) is 12.8. The Labute approximate surface area is 169 Å². The van der Waals surface area contributed by atoms with Gasteiger partial charge < -0.3 is 23.4 Å². The van der Waals surface area contributed by atoms with Crippen molar-refractivity contribution in [1.29, 1.82) is 0 Å². The van der Waals surface area contributed by atoms with Crippen LogP contribution in [-0.4, -0.2) is 48.0 Å². The molecule has 2 saturated heterocycles. The molecule has 0 N–H and O–H groups in total. The van der Waals surface area contributed by atoms with E-state index in [1.54, 1.807) is 0 Å². The van der Waals surface area contributed by atoms with Crippen molar-refractivity contribution in [2.24, 2.45) is 5.92 Å². The van der Waals surface area contributed by atoms with E-state index in [0.29, 0.717) is 30.6 Å². The van der Waals surface area contributed by atoms with Crippen molar-refractivity contribution in [3.63, 3.8) is 0 Å². The summed E-state index contributed by atoms with van der Waals surface area (Å²) >= 11 is 0. The number of carbonyl (C=O) groups is 1. The van der Waals surface area contributed by atoms with Gasteiger partial charge in [0, 0.05) is 13.1 Å². The molecule has 1 aromatic heterocycles. The van der Waals surface area contributed by atoms with Gasteiger partial charge in [-0.05, 0) is 78.4 Å². The Hall–Kier alpha value is -1.47. The average molecular weight is 391 g/mol. The smallest absolute Gasteiger partial charge is 0.473 e. The van der Waals surface area contributed by atoms with Crippen LogP contribution in [0.1, 0.15) is 73.3 Å². The highest BCUT2D eigenvalue weighted by molar-refractivity contribution is 6.60. The Morgan fingerprint density at radius 2 is 1.82 bits per heavy atom. The minimum atomic E-state index is -0.490. The molecule has 28 heavy (non-hydrogen) atoms. The van der Waals surface area contributed by atoms with Gasteiger partial charge in [-0.3, -0.25) is 0 Å². The summed E-state index contributed by atoms with van der Waals surface area (Å²) in [5, 5.41) is 0. The normalized spacial score (nSPS) is 27.1. The van der Waals surface area contributed by atoms with E-state index in [-0.39, 0.29) is 6.09 Å². The van der Waals surface area contributed by atoms with Gasteiger partial charge in [0.15, 0.2) is 0 Å². The predicted octanol–water partition coefficient (Wildman–Crippen LogP) is 3.94. The minimum Gasteiger partial charge on any atom is -0.473 e. The fourth-order valence-corrected chi connectivity index (χ4v) is 3.78. The summed E-state index contributed by atoms with van der Waals surface area (Å²) in [6.45, 7) is 17.3. The molecule has 2 atom stereocenters. The van der Waals surface area contributed by atoms with E-state index >= 15 is 0 Å². The maximum absolute atomic E-state index is 12.4. The van der Waals surface area contributed by atoms with Crippen molar-refractivity contribution in [3.8, 4) is 0 Å². The maximum Gasteiger partial charge on any atom is 0.532 e. The summed E-state index contributed by atoms with van der Waals surface area (Å²) in [6, 6.07) is 2.05. The highest BCUT2D eigenvalue weighted by Gasteiger charge is 2.53. The zero-order chi connectivity index (χ0) is 20.9. The molecule has 1 amide bonds. The number of likely N-dealkylation sites (tertiary alicyclic amines) is 1. The summed E-state index contributed by atoms with van der Waals surface area (Å²) in [6.07, 6.45) is 2.45. The van der Waals surface area contributed by atoms with Crippen LogP contribution < -0.4 is 5.66 Å². The Kier molecular flexibility index (Phi) is 5.39. The van der Waals surface area contributed by atoms with Gasteiger partial charge >= 0.3 is 13.2 Å². The molecule has 2 aliphatic rings. The van der Waals surface area contributed by atoms with E-state index in [9.17, 15) is 4.79 Å². The number of carbonyl (C=O) groups excluding carboxylic acids is 1. The first kappa shape index (κ1) is 21.2. The van der Waals surface area contributed by atoms with Crippen LogP contribution in [0, 0.1) is 5.92 Å². The second-order valence-corrected chi connectivity index (χ2v) is 10.2. The van der Waals surface area contributed by atoms with E-state index in [1.165, 1.54) is 0 Å². The summed E-state index contributed by atoms with van der Waals surface area (Å²) in [7, 11) is -0.490. The highest BCUT2D eigenvalue weighted by Crippen LogP contribution is 2.38. The Morgan fingerprint density at radius 3 is 2.36 bits per heavy atom. The van der Waals surface area contributed by atoms with Crippen LogP contribution in [0.25, 0.3) is 0 Å². The molecule has 6 nitrogen and oxygen atoms in total. The zero-order valence-corrected chi connectivity index (χ0v) is 18.5. The van der Waals surface area contributed by atoms with Crippen molar-refractivity contribution in [2.45, 2.75) is 84.5 Å². The Morgan fingerprint density at radius 1 is 1.21 bits per heavy atom. The number of rotatable bonds is 2. The number of hydrogen-bond acceptors (Lipinski definition) is 5. The molecule has 0 bridgehead atoms. The number of piperidine rings is 1. The van der Waals surface area contributed by atoms with Crippen LogP contribution in [-0.2, 0) is 14.0 Å². The fraction of sp³-hybridized carbons (Fsp3) is 0.762. The zero-order valence-electron chi connectivity index (χ0n) is 18.5. The van der Waals surface area contributed by atoms with Gasteiger partial charge in [0.25, 0.3) is 0 Å².